The van der Waals surface area contributed by atoms with Gasteiger partial charge < -0.3 is 5.11 Å². The molecule has 29 heavy (non-hydrogen) atoms. The molecule has 0 radical (unpaired) electrons. The largest absolute Gasteiger partial charge is 0.508 e. The molecule has 0 spiro atoms. The lowest BCUT2D eigenvalue weighted by Crippen LogP contribution is -2.00. The van der Waals surface area contributed by atoms with Crippen LogP contribution in [-0.2, 0) is 0 Å². The number of unbranched alkanes of at least 4 members (excludes halogenated alkanes) is 2. The van der Waals surface area contributed by atoms with Crippen LogP contribution in [0.1, 0.15) is 54.4 Å². The molecule has 0 fully saturated rings. The van der Waals surface area contributed by atoms with Crippen molar-refractivity contribution < 1.29 is 18.7 Å². The number of halogens is 3. The second-order valence-electron chi connectivity index (χ2n) is 6.90. The average Bonchev–Trinajstić information content (AvgIpc) is 2.67. The van der Waals surface area contributed by atoms with Gasteiger partial charge in [0.2, 0.25) is 0 Å². The predicted molar refractivity (Wildman–Crippen MR) is 115 cm³/mol. The van der Waals surface area contributed by atoms with Crippen molar-refractivity contribution in [3.63, 3.8) is 0 Å². The minimum atomic E-state index is -0.571. The van der Waals surface area contributed by atoms with Crippen molar-refractivity contribution in [2.24, 2.45) is 0 Å². The minimum absolute atomic E-state index is 0.0350. The Hall–Kier alpha value is -2.11. The van der Waals surface area contributed by atoms with E-state index in [1.807, 2.05) is 11.5 Å². The number of ketones is 1. The van der Waals surface area contributed by atoms with Crippen LogP contribution in [-0.4, -0.2) is 10.9 Å². The third kappa shape index (κ3) is 5.94. The number of carbonyl (C=O) groups is 1. The quantitative estimate of drug-likeness (QED) is 0.345. The molecule has 0 saturated heterocycles. The van der Waals surface area contributed by atoms with Gasteiger partial charge >= 0.3 is 0 Å². The smallest absolute Gasteiger partial charge is 0.164 e. The van der Waals surface area contributed by atoms with E-state index < -0.39 is 11.6 Å². The van der Waals surface area contributed by atoms with Gasteiger partial charge in [-0.1, -0.05) is 24.1 Å². The van der Waals surface area contributed by atoms with E-state index in [1.54, 1.807) is 17.8 Å². The highest BCUT2D eigenvalue weighted by Gasteiger charge is 2.14. The average molecular weight is 435 g/mol. The highest BCUT2D eigenvalue weighted by molar-refractivity contribution is 8.06. The fourth-order valence-electron chi connectivity index (χ4n) is 3.31. The Labute approximate surface area is 178 Å². The van der Waals surface area contributed by atoms with Gasteiger partial charge in [0.05, 0.1) is 5.02 Å². The van der Waals surface area contributed by atoms with Crippen LogP contribution in [0.4, 0.5) is 8.78 Å². The maximum Gasteiger partial charge on any atom is 0.164 e. The number of benzene rings is 2. The summed E-state index contributed by atoms with van der Waals surface area (Å²) in [5, 5.41) is 11.6. The van der Waals surface area contributed by atoms with Gasteiger partial charge in [-0.3, -0.25) is 4.79 Å². The molecule has 1 N–H and O–H groups in total. The minimum Gasteiger partial charge on any atom is -0.508 e. The summed E-state index contributed by atoms with van der Waals surface area (Å²) < 4.78 is 27.2. The molecule has 1 heterocycles. The van der Waals surface area contributed by atoms with Crippen molar-refractivity contribution in [3.05, 3.63) is 80.6 Å². The summed E-state index contributed by atoms with van der Waals surface area (Å²) in [6.45, 7) is 0. The fourth-order valence-corrected chi connectivity index (χ4v) is 4.55. The number of Topliss-reactive ketones (excluding diaryl/α,β-unsaturated/α-hetero) is 1. The molecule has 6 heteroatoms. The van der Waals surface area contributed by atoms with Gasteiger partial charge in [0.25, 0.3) is 0 Å². The lowest BCUT2D eigenvalue weighted by molar-refractivity contribution is 0.0979. The molecular formula is C23H21ClF2O2S. The fraction of sp³-hybridized carbons (Fsp3) is 0.261. The molecule has 2 aromatic rings. The first kappa shape index (κ1) is 21.6. The summed E-state index contributed by atoms with van der Waals surface area (Å²) in [4.78, 5) is 13.4. The number of phenols is 1. The first-order valence-corrected chi connectivity index (χ1v) is 10.7. The van der Waals surface area contributed by atoms with E-state index in [4.69, 9.17) is 11.6 Å². The van der Waals surface area contributed by atoms with Crippen LogP contribution in [0.5, 0.6) is 5.75 Å². The Bertz CT molecular complexity index is 949. The summed E-state index contributed by atoms with van der Waals surface area (Å²) in [5.41, 5.74) is 1.98. The Morgan fingerprint density at radius 3 is 2.55 bits per heavy atom. The molecule has 0 saturated carbocycles. The van der Waals surface area contributed by atoms with Crippen molar-refractivity contribution in [1.29, 1.82) is 0 Å². The molecule has 152 valence electrons. The highest BCUT2D eigenvalue weighted by atomic mass is 35.5. The molecule has 0 aliphatic carbocycles. The van der Waals surface area contributed by atoms with Crippen LogP contribution in [0.3, 0.4) is 0 Å². The zero-order valence-corrected chi connectivity index (χ0v) is 17.3. The van der Waals surface area contributed by atoms with E-state index in [-0.39, 0.29) is 16.6 Å². The zero-order valence-electron chi connectivity index (χ0n) is 15.8. The van der Waals surface area contributed by atoms with Gasteiger partial charge in [-0.15, -0.1) is 11.8 Å². The molecule has 0 atom stereocenters. The number of rotatable bonds is 8. The van der Waals surface area contributed by atoms with Crippen LogP contribution in [0.25, 0.3) is 5.57 Å². The van der Waals surface area contributed by atoms with Crippen molar-refractivity contribution in [1.82, 2.24) is 0 Å². The standard InChI is InChI=1S/C23H21ClF2O2S/c24-21-14-18(27)8-9-20(21)22(28)6-2-1-3-7-23-19(5-4-10-29-23)15-11-16(25)13-17(26)12-15/h4,8-14,27H,1-3,5-7H2. The number of hydrogen-bond donors (Lipinski definition) is 1. The van der Waals surface area contributed by atoms with Crippen LogP contribution >= 0.6 is 23.4 Å². The first-order chi connectivity index (χ1) is 13.9. The maximum atomic E-state index is 13.6. The maximum absolute atomic E-state index is 13.6. The van der Waals surface area contributed by atoms with Crippen molar-refractivity contribution in [2.75, 3.05) is 0 Å². The van der Waals surface area contributed by atoms with Gasteiger partial charge in [-0.25, -0.2) is 8.78 Å². The summed E-state index contributed by atoms with van der Waals surface area (Å²) in [6.07, 6.45) is 6.31. The lowest BCUT2D eigenvalue weighted by Gasteiger charge is -2.17. The van der Waals surface area contributed by atoms with Gasteiger partial charge in [0, 0.05) is 18.1 Å². The molecule has 3 rings (SSSR count). The summed E-state index contributed by atoms with van der Waals surface area (Å²) in [7, 11) is 0. The zero-order chi connectivity index (χ0) is 20.8. The molecular weight excluding hydrogens is 414 g/mol. The van der Waals surface area contributed by atoms with E-state index in [0.717, 1.165) is 42.2 Å². The summed E-state index contributed by atoms with van der Waals surface area (Å²) in [5.74, 6) is -1.15. The molecule has 1 aliphatic rings. The van der Waals surface area contributed by atoms with Gasteiger partial charge in [-0.2, -0.15) is 0 Å². The van der Waals surface area contributed by atoms with Crippen molar-refractivity contribution in [2.45, 2.75) is 38.5 Å². The number of allylic oxidation sites excluding steroid dienone is 3. The Kier molecular flexibility index (Phi) is 7.51. The molecule has 0 amide bonds. The Morgan fingerprint density at radius 2 is 1.83 bits per heavy atom. The molecule has 2 nitrogen and oxygen atoms in total. The van der Waals surface area contributed by atoms with Gasteiger partial charge in [-0.05, 0) is 77.5 Å². The molecule has 1 aliphatic heterocycles. The van der Waals surface area contributed by atoms with Crippen LogP contribution in [0.15, 0.2) is 52.8 Å². The van der Waals surface area contributed by atoms with E-state index in [2.05, 4.69) is 0 Å². The third-order valence-corrected chi connectivity index (χ3v) is 6.11. The molecule has 2 aromatic carbocycles. The van der Waals surface area contributed by atoms with Crippen molar-refractivity contribution >= 4 is 34.7 Å². The Balaban J connectivity index is 1.54. The Morgan fingerprint density at radius 1 is 1.07 bits per heavy atom. The first-order valence-electron chi connectivity index (χ1n) is 9.46. The van der Waals surface area contributed by atoms with Crippen molar-refractivity contribution in [3.8, 4) is 5.75 Å². The number of hydrogen-bond acceptors (Lipinski definition) is 3. The number of thioether (sulfide) groups is 1. The molecule has 0 bridgehead atoms. The number of phenolic OH excluding ortho intramolecular Hbond substituents is 1. The van der Waals surface area contributed by atoms with E-state index in [0.29, 0.717) is 24.0 Å². The van der Waals surface area contributed by atoms with Gasteiger partial charge in [0.15, 0.2) is 5.78 Å². The highest BCUT2D eigenvalue weighted by Crippen LogP contribution is 2.38. The normalized spacial score (nSPS) is 13.8. The molecule has 0 unspecified atom stereocenters. The third-order valence-electron chi connectivity index (χ3n) is 4.74. The topological polar surface area (TPSA) is 37.3 Å². The molecule has 0 aromatic heterocycles. The van der Waals surface area contributed by atoms with Crippen LogP contribution in [0, 0.1) is 11.6 Å². The predicted octanol–water partition coefficient (Wildman–Crippen LogP) is 7.52. The number of carbonyl (C=O) groups excluding carboxylic acids is 1. The summed E-state index contributed by atoms with van der Waals surface area (Å²) in [6, 6.07) is 7.99. The summed E-state index contributed by atoms with van der Waals surface area (Å²) >= 11 is 7.60. The van der Waals surface area contributed by atoms with E-state index in [9.17, 15) is 18.7 Å². The van der Waals surface area contributed by atoms with E-state index in [1.165, 1.54) is 24.3 Å². The SMILES string of the molecule is O=C(CCCCCC1=C(c2cc(F)cc(F)c2)CC=CS1)c1ccc(O)cc1Cl. The van der Waals surface area contributed by atoms with Gasteiger partial charge in [0.1, 0.15) is 17.4 Å². The number of aromatic hydroxyl groups is 1. The van der Waals surface area contributed by atoms with E-state index >= 15 is 0 Å². The second kappa shape index (κ2) is 10.1. The second-order valence-corrected chi connectivity index (χ2v) is 8.31. The lowest BCUT2D eigenvalue weighted by atomic mass is 9.99. The van der Waals surface area contributed by atoms with Crippen LogP contribution in [0.2, 0.25) is 5.02 Å². The van der Waals surface area contributed by atoms with Crippen LogP contribution < -0.4 is 0 Å². The monoisotopic (exact) mass is 434 g/mol.